The number of nitrogens with one attached hydrogen (secondary N) is 2. The number of anilines is 3. The van der Waals surface area contributed by atoms with E-state index in [0.717, 1.165) is 6.54 Å². The molecule has 1 atom stereocenters. The van der Waals surface area contributed by atoms with E-state index in [-0.39, 0.29) is 5.95 Å². The Morgan fingerprint density at radius 2 is 2.18 bits per heavy atom. The van der Waals surface area contributed by atoms with Crippen LogP contribution in [0.5, 0.6) is 0 Å². The molecule has 0 radical (unpaired) electrons. The summed E-state index contributed by atoms with van der Waals surface area (Å²) in [6, 6.07) is 1.75. The van der Waals surface area contributed by atoms with Gasteiger partial charge in [0.2, 0.25) is 5.95 Å². The lowest BCUT2D eigenvalue weighted by molar-refractivity contribution is 0.989. The number of rotatable bonds is 4. The first-order valence-electron chi connectivity index (χ1n) is 5.32. The summed E-state index contributed by atoms with van der Waals surface area (Å²) in [5.41, 5.74) is 8.04. The third-order valence-corrected chi connectivity index (χ3v) is 5.13. The summed E-state index contributed by atoms with van der Waals surface area (Å²) in [4.78, 5) is 8.04. The van der Waals surface area contributed by atoms with Gasteiger partial charge in [-0.15, -0.1) is 0 Å². The number of nitrogens with two attached hydrogens (primary N) is 2. The maximum absolute atomic E-state index is 5.58. The number of hydrogen-bond acceptors (Lipinski definition) is 8. The molecule has 2 rings (SSSR count). The number of hydrogen-bond donors (Lipinski definition) is 4. The standard InChI is InChI=1S/C9H16N6S2/c10-9-13-7(3-8(14-9)15-11)12-4-6-5-16-1-2-17-6/h3,6H,1-2,4-5,11H2,(H4,10,12,13,14,15). The molecule has 17 heavy (non-hydrogen) atoms. The molecule has 1 aliphatic heterocycles. The van der Waals surface area contributed by atoms with E-state index in [1.54, 1.807) is 6.07 Å². The highest BCUT2D eigenvalue weighted by atomic mass is 32.2. The molecule has 0 spiro atoms. The summed E-state index contributed by atoms with van der Waals surface area (Å²) in [6.45, 7) is 0.887. The predicted octanol–water partition coefficient (Wildman–Crippen LogP) is 0.605. The average Bonchev–Trinajstić information content (AvgIpc) is 2.37. The second kappa shape index (κ2) is 6.18. The van der Waals surface area contributed by atoms with E-state index < -0.39 is 0 Å². The minimum Gasteiger partial charge on any atom is -0.369 e. The van der Waals surface area contributed by atoms with E-state index in [1.165, 1.54) is 17.3 Å². The predicted molar refractivity (Wildman–Crippen MR) is 76.3 cm³/mol. The Morgan fingerprint density at radius 3 is 2.88 bits per heavy atom. The first-order valence-corrected chi connectivity index (χ1v) is 7.52. The lowest BCUT2D eigenvalue weighted by atomic mass is 10.4. The number of nitrogen functional groups attached to an aromatic ring is 2. The van der Waals surface area contributed by atoms with Crippen LogP contribution in [-0.4, -0.2) is 39.0 Å². The Hall–Kier alpha value is -0.860. The summed E-state index contributed by atoms with van der Waals surface area (Å²) in [7, 11) is 0. The second-order valence-corrected chi connectivity index (χ2v) is 6.15. The zero-order chi connectivity index (χ0) is 12.1. The zero-order valence-electron chi connectivity index (χ0n) is 9.35. The van der Waals surface area contributed by atoms with E-state index in [4.69, 9.17) is 11.6 Å². The Bertz CT molecular complexity index is 369. The van der Waals surface area contributed by atoms with Gasteiger partial charge in [-0.1, -0.05) is 0 Å². The molecule has 1 unspecified atom stereocenters. The van der Waals surface area contributed by atoms with Gasteiger partial charge in [0.05, 0.1) is 0 Å². The molecule has 1 saturated heterocycles. The SMILES string of the molecule is NNc1cc(NCC2CSCCS2)nc(N)n1. The summed E-state index contributed by atoms with van der Waals surface area (Å²) in [5, 5.41) is 3.89. The second-order valence-electron chi connectivity index (χ2n) is 3.59. The zero-order valence-corrected chi connectivity index (χ0v) is 11.0. The van der Waals surface area contributed by atoms with Crippen molar-refractivity contribution in [2.75, 3.05) is 40.3 Å². The Labute approximate surface area is 109 Å². The largest absolute Gasteiger partial charge is 0.369 e. The summed E-state index contributed by atoms with van der Waals surface area (Å²) in [5.74, 6) is 10.4. The highest BCUT2D eigenvalue weighted by Gasteiger charge is 2.14. The molecular weight excluding hydrogens is 256 g/mol. The van der Waals surface area contributed by atoms with Gasteiger partial charge in [0.25, 0.3) is 0 Å². The lowest BCUT2D eigenvalue weighted by Gasteiger charge is -2.21. The minimum atomic E-state index is 0.216. The van der Waals surface area contributed by atoms with Crippen LogP contribution in [0, 0.1) is 0 Å². The highest BCUT2D eigenvalue weighted by molar-refractivity contribution is 8.06. The van der Waals surface area contributed by atoms with Crippen molar-refractivity contribution in [3.8, 4) is 0 Å². The number of thioether (sulfide) groups is 2. The van der Waals surface area contributed by atoms with Crippen LogP contribution in [0.4, 0.5) is 17.6 Å². The van der Waals surface area contributed by atoms with Gasteiger partial charge in [-0.05, 0) is 0 Å². The maximum Gasteiger partial charge on any atom is 0.223 e. The van der Waals surface area contributed by atoms with E-state index in [2.05, 4.69) is 20.7 Å². The molecule has 0 amide bonds. The molecule has 0 aliphatic carbocycles. The summed E-state index contributed by atoms with van der Waals surface area (Å²) >= 11 is 4.00. The third-order valence-electron chi connectivity index (χ3n) is 2.29. The highest BCUT2D eigenvalue weighted by Crippen LogP contribution is 2.24. The van der Waals surface area contributed by atoms with Crippen LogP contribution >= 0.6 is 23.5 Å². The molecule has 6 nitrogen and oxygen atoms in total. The average molecular weight is 272 g/mol. The summed E-state index contributed by atoms with van der Waals surface area (Å²) in [6.07, 6.45) is 0. The maximum atomic E-state index is 5.58. The van der Waals surface area contributed by atoms with Crippen LogP contribution < -0.4 is 22.3 Å². The van der Waals surface area contributed by atoms with Crippen molar-refractivity contribution in [1.82, 2.24) is 9.97 Å². The molecule has 1 aliphatic rings. The minimum absolute atomic E-state index is 0.216. The fourth-order valence-corrected chi connectivity index (χ4v) is 4.12. The molecule has 2 heterocycles. The lowest BCUT2D eigenvalue weighted by Crippen LogP contribution is -2.23. The molecule has 0 aromatic carbocycles. The van der Waals surface area contributed by atoms with E-state index in [1.807, 2.05) is 23.5 Å². The monoisotopic (exact) mass is 272 g/mol. The van der Waals surface area contributed by atoms with Gasteiger partial charge in [-0.25, -0.2) is 5.84 Å². The van der Waals surface area contributed by atoms with Crippen molar-refractivity contribution in [2.45, 2.75) is 5.25 Å². The number of aromatic nitrogens is 2. The fraction of sp³-hybridized carbons (Fsp3) is 0.556. The van der Waals surface area contributed by atoms with Crippen molar-refractivity contribution in [1.29, 1.82) is 0 Å². The van der Waals surface area contributed by atoms with Crippen LogP contribution in [0.2, 0.25) is 0 Å². The third kappa shape index (κ3) is 3.83. The van der Waals surface area contributed by atoms with Gasteiger partial charge >= 0.3 is 0 Å². The van der Waals surface area contributed by atoms with Crippen LogP contribution in [-0.2, 0) is 0 Å². The Balaban J connectivity index is 1.91. The van der Waals surface area contributed by atoms with Crippen LogP contribution in [0.25, 0.3) is 0 Å². The molecule has 0 bridgehead atoms. The Kier molecular flexibility index (Phi) is 4.57. The molecule has 1 aromatic heterocycles. The van der Waals surface area contributed by atoms with Gasteiger partial charge in [-0.3, -0.25) is 0 Å². The molecule has 0 saturated carbocycles. The van der Waals surface area contributed by atoms with E-state index in [0.29, 0.717) is 16.9 Å². The van der Waals surface area contributed by atoms with Crippen molar-refractivity contribution in [3.05, 3.63) is 6.07 Å². The van der Waals surface area contributed by atoms with Gasteiger partial charge in [0.15, 0.2) is 0 Å². The number of hydrazine groups is 1. The molecule has 1 aromatic rings. The first kappa shape index (κ1) is 12.6. The van der Waals surface area contributed by atoms with Crippen LogP contribution in [0.1, 0.15) is 0 Å². The van der Waals surface area contributed by atoms with Crippen molar-refractivity contribution < 1.29 is 0 Å². The van der Waals surface area contributed by atoms with Crippen molar-refractivity contribution >= 4 is 41.1 Å². The van der Waals surface area contributed by atoms with E-state index in [9.17, 15) is 0 Å². The quantitative estimate of drug-likeness (QED) is 0.467. The summed E-state index contributed by atoms with van der Waals surface area (Å²) < 4.78 is 0. The van der Waals surface area contributed by atoms with Gasteiger partial charge in [0.1, 0.15) is 11.6 Å². The number of nitrogens with zero attached hydrogens (tertiary/aromatic N) is 2. The van der Waals surface area contributed by atoms with Crippen LogP contribution in [0.15, 0.2) is 6.07 Å². The smallest absolute Gasteiger partial charge is 0.223 e. The van der Waals surface area contributed by atoms with Gasteiger partial charge in [0, 0.05) is 35.1 Å². The molecular formula is C9H16N6S2. The first-order chi connectivity index (χ1) is 8.28. The normalized spacial score (nSPS) is 19.9. The Morgan fingerprint density at radius 1 is 1.35 bits per heavy atom. The fourth-order valence-electron chi connectivity index (χ4n) is 1.50. The molecule has 6 N–H and O–H groups in total. The van der Waals surface area contributed by atoms with Gasteiger partial charge < -0.3 is 16.5 Å². The molecule has 8 heteroatoms. The van der Waals surface area contributed by atoms with E-state index >= 15 is 0 Å². The van der Waals surface area contributed by atoms with Crippen LogP contribution in [0.3, 0.4) is 0 Å². The van der Waals surface area contributed by atoms with Crippen molar-refractivity contribution in [2.24, 2.45) is 5.84 Å². The topological polar surface area (TPSA) is 102 Å². The molecule has 1 fully saturated rings. The molecule has 94 valence electrons. The van der Waals surface area contributed by atoms with Crippen molar-refractivity contribution in [3.63, 3.8) is 0 Å². The van der Waals surface area contributed by atoms with Gasteiger partial charge in [-0.2, -0.15) is 33.5 Å².